The van der Waals surface area contributed by atoms with Crippen LogP contribution in [0.15, 0.2) is 22.8 Å². The second-order valence-electron chi connectivity index (χ2n) is 14.2. The summed E-state index contributed by atoms with van der Waals surface area (Å²) in [5.74, 6) is 1.63. The highest BCUT2D eigenvalue weighted by atomic mass is 16.5. The molecule has 0 bridgehead atoms. The summed E-state index contributed by atoms with van der Waals surface area (Å²) in [4.78, 5) is 26.2. The number of nitrogens with two attached hydrogens (primary N) is 1. The van der Waals surface area contributed by atoms with E-state index in [0.717, 1.165) is 82.3 Å². The number of aliphatic hydroxyl groups is 2. The van der Waals surface area contributed by atoms with E-state index in [9.17, 15) is 19.8 Å². The van der Waals surface area contributed by atoms with Crippen molar-refractivity contribution in [3.8, 4) is 0 Å². The maximum absolute atomic E-state index is 13.9. The molecule has 0 aromatic rings. The van der Waals surface area contributed by atoms with Gasteiger partial charge in [-0.3, -0.25) is 9.59 Å². The second-order valence-corrected chi connectivity index (χ2v) is 14.2. The number of aliphatic hydroxyl groups excluding tert-OH is 2. The average molecular weight is 617 g/mol. The molecule has 0 aromatic carbocycles. The molecular formula is C35H60N4O5. The van der Waals surface area contributed by atoms with Crippen LogP contribution in [0.2, 0.25) is 0 Å². The fraction of sp³-hybridized carbons (Fsp3) is 0.829. The Kier molecular flexibility index (Phi) is 13.3. The lowest BCUT2D eigenvalue weighted by Gasteiger charge is -2.55. The van der Waals surface area contributed by atoms with Crippen LogP contribution in [0.1, 0.15) is 85.5 Å². The largest absolute Gasteiger partial charge is 0.458 e. The zero-order valence-electron chi connectivity index (χ0n) is 27.7. The van der Waals surface area contributed by atoms with Crippen molar-refractivity contribution in [2.75, 3.05) is 39.3 Å². The molecule has 0 spiro atoms. The van der Waals surface area contributed by atoms with Crippen molar-refractivity contribution in [1.82, 2.24) is 16.0 Å². The van der Waals surface area contributed by atoms with E-state index in [-0.39, 0.29) is 41.7 Å². The summed E-state index contributed by atoms with van der Waals surface area (Å²) < 4.78 is 5.99. The lowest BCUT2D eigenvalue weighted by Crippen LogP contribution is -2.53. The van der Waals surface area contributed by atoms with Gasteiger partial charge in [0.05, 0.1) is 12.2 Å². The van der Waals surface area contributed by atoms with Crippen molar-refractivity contribution in [2.45, 2.75) is 104 Å². The molecule has 0 aromatic heterocycles. The van der Waals surface area contributed by atoms with Gasteiger partial charge in [-0.1, -0.05) is 18.6 Å². The van der Waals surface area contributed by atoms with Crippen molar-refractivity contribution in [2.24, 2.45) is 47.2 Å². The van der Waals surface area contributed by atoms with Gasteiger partial charge in [0.15, 0.2) is 0 Å². The Bertz CT molecular complexity index is 1030. The highest BCUT2D eigenvalue weighted by Gasteiger charge is 2.57. The van der Waals surface area contributed by atoms with Crippen molar-refractivity contribution in [3.05, 3.63) is 22.8 Å². The van der Waals surface area contributed by atoms with Gasteiger partial charge in [0, 0.05) is 45.2 Å². The number of carbonyl (C=O) groups is 2. The summed E-state index contributed by atoms with van der Waals surface area (Å²) in [5.41, 5.74) is 8.43. The highest BCUT2D eigenvalue weighted by Crippen LogP contribution is 2.60. The summed E-state index contributed by atoms with van der Waals surface area (Å²) in [6, 6.07) is 0. The van der Waals surface area contributed by atoms with Crippen LogP contribution in [0, 0.1) is 41.4 Å². The van der Waals surface area contributed by atoms with E-state index < -0.39 is 12.2 Å². The minimum atomic E-state index is -0.449. The van der Waals surface area contributed by atoms with Crippen LogP contribution in [0.25, 0.3) is 0 Å². The van der Waals surface area contributed by atoms with Gasteiger partial charge in [-0.2, -0.15) is 0 Å². The number of rotatable bonds is 14. The van der Waals surface area contributed by atoms with Gasteiger partial charge >= 0.3 is 5.97 Å². The monoisotopic (exact) mass is 616 g/mol. The number of esters is 1. The van der Waals surface area contributed by atoms with Gasteiger partial charge in [-0.15, -0.1) is 0 Å². The van der Waals surface area contributed by atoms with Crippen molar-refractivity contribution in [3.63, 3.8) is 0 Å². The predicted octanol–water partition coefficient (Wildman–Crippen LogP) is 3.06. The molecule has 250 valence electrons. The van der Waals surface area contributed by atoms with E-state index in [2.05, 4.69) is 42.8 Å². The van der Waals surface area contributed by atoms with E-state index in [4.69, 9.17) is 10.5 Å². The Labute approximate surface area is 265 Å². The van der Waals surface area contributed by atoms with Crippen molar-refractivity contribution >= 4 is 11.9 Å². The number of allylic oxidation sites excluding steroid dienone is 2. The van der Waals surface area contributed by atoms with Gasteiger partial charge in [-0.05, 0) is 125 Å². The minimum absolute atomic E-state index is 0.0360. The van der Waals surface area contributed by atoms with Gasteiger partial charge in [0.1, 0.15) is 6.10 Å². The fourth-order valence-corrected chi connectivity index (χ4v) is 9.31. The first-order valence-corrected chi connectivity index (χ1v) is 17.4. The molecule has 7 unspecified atom stereocenters. The Morgan fingerprint density at radius 1 is 0.886 bits per heavy atom. The Balaban J connectivity index is 1.53. The SMILES string of the molecule is CC(=O)OC1CC2C(C[C@@H](O)C3C2CCC2C3CC[C@@H](O)[C@H]2C)/C1=C(\CCC=C(C)C)C(=O)NCCCNCCNCCN. The second kappa shape index (κ2) is 16.7. The normalized spacial score (nSPS) is 35.6. The maximum Gasteiger partial charge on any atom is 0.303 e. The van der Waals surface area contributed by atoms with Gasteiger partial charge < -0.3 is 36.6 Å². The zero-order valence-corrected chi connectivity index (χ0v) is 27.7. The molecule has 9 nitrogen and oxygen atoms in total. The standard InChI is InChI=1S/C35H60N4O5/c1-21(2)7-5-8-27(35(43)39-15-6-14-37-17-18-38-16-13-36)34-29-19-31(42)33-25-11-12-30(41)22(3)24(25)9-10-26(33)28(29)20-32(34)44-23(4)40/h7,22,24-26,28-33,37-38,41-42H,5-6,8-20,36H2,1-4H3,(H,39,43)/b34-27-/t22-,24?,25?,26?,28?,29?,30+,31+,32?,33?/m0/s1. The van der Waals surface area contributed by atoms with Crippen LogP contribution in [-0.2, 0) is 14.3 Å². The molecule has 4 aliphatic rings. The molecule has 0 saturated heterocycles. The van der Waals surface area contributed by atoms with Crippen LogP contribution in [0.3, 0.4) is 0 Å². The van der Waals surface area contributed by atoms with E-state index >= 15 is 0 Å². The van der Waals surface area contributed by atoms with E-state index in [1.54, 1.807) is 0 Å². The summed E-state index contributed by atoms with van der Waals surface area (Å²) in [6.07, 6.45) is 8.40. The molecule has 7 N–H and O–H groups in total. The number of carbonyl (C=O) groups excluding carboxylic acids is 2. The van der Waals surface area contributed by atoms with E-state index in [0.29, 0.717) is 43.7 Å². The first-order chi connectivity index (χ1) is 21.1. The molecule has 4 fully saturated rings. The zero-order chi connectivity index (χ0) is 31.8. The Morgan fingerprint density at radius 2 is 1.57 bits per heavy atom. The van der Waals surface area contributed by atoms with E-state index in [1.807, 2.05) is 0 Å². The molecule has 0 radical (unpaired) electrons. The summed E-state index contributed by atoms with van der Waals surface area (Å²) in [7, 11) is 0. The maximum atomic E-state index is 13.9. The van der Waals surface area contributed by atoms with Crippen LogP contribution in [-0.4, -0.2) is 79.7 Å². The third-order valence-corrected chi connectivity index (χ3v) is 11.2. The highest BCUT2D eigenvalue weighted by molar-refractivity contribution is 5.94. The van der Waals surface area contributed by atoms with Crippen molar-refractivity contribution in [1.29, 1.82) is 0 Å². The lowest BCUT2D eigenvalue weighted by atomic mass is 9.51. The first-order valence-electron chi connectivity index (χ1n) is 17.4. The quantitative estimate of drug-likeness (QED) is 0.0756. The molecule has 1 amide bonds. The first kappa shape index (κ1) is 35.1. The number of nitrogens with one attached hydrogen (secondary N) is 3. The van der Waals surface area contributed by atoms with Crippen LogP contribution in [0.4, 0.5) is 0 Å². The number of hydrogen-bond donors (Lipinski definition) is 6. The van der Waals surface area contributed by atoms with Gasteiger partial charge in [0.25, 0.3) is 0 Å². The lowest BCUT2D eigenvalue weighted by molar-refractivity contribution is -0.145. The van der Waals surface area contributed by atoms with E-state index in [1.165, 1.54) is 12.5 Å². The average Bonchev–Trinajstić information content (AvgIpc) is 3.32. The molecule has 10 atom stereocenters. The van der Waals surface area contributed by atoms with Crippen molar-refractivity contribution < 1.29 is 24.5 Å². The van der Waals surface area contributed by atoms with Crippen LogP contribution >= 0.6 is 0 Å². The number of hydrogen-bond acceptors (Lipinski definition) is 8. The Hall–Kier alpha value is -1.78. The fourth-order valence-electron chi connectivity index (χ4n) is 9.31. The minimum Gasteiger partial charge on any atom is -0.458 e. The molecular weight excluding hydrogens is 556 g/mol. The number of amides is 1. The smallest absolute Gasteiger partial charge is 0.303 e. The van der Waals surface area contributed by atoms with Gasteiger partial charge in [-0.25, -0.2) is 0 Å². The molecule has 4 rings (SSSR count). The number of ether oxygens (including phenoxy) is 1. The molecule has 0 aliphatic heterocycles. The molecule has 4 saturated carbocycles. The van der Waals surface area contributed by atoms with Gasteiger partial charge in [0.2, 0.25) is 5.91 Å². The molecule has 9 heteroatoms. The molecule has 0 heterocycles. The molecule has 44 heavy (non-hydrogen) atoms. The van der Waals surface area contributed by atoms with Crippen LogP contribution < -0.4 is 21.7 Å². The Morgan fingerprint density at radius 3 is 2.27 bits per heavy atom. The summed E-state index contributed by atoms with van der Waals surface area (Å²) in [5, 5.41) is 32.2. The summed E-state index contributed by atoms with van der Waals surface area (Å²) in [6.45, 7) is 12.3. The number of fused-ring (bicyclic) bond motifs is 5. The summed E-state index contributed by atoms with van der Waals surface area (Å²) >= 11 is 0. The predicted molar refractivity (Wildman–Crippen MR) is 173 cm³/mol. The van der Waals surface area contributed by atoms with Crippen LogP contribution in [0.5, 0.6) is 0 Å². The third kappa shape index (κ3) is 8.52. The molecule has 4 aliphatic carbocycles. The topological polar surface area (TPSA) is 146 Å². The third-order valence-electron chi connectivity index (χ3n) is 11.2.